The molecule has 0 aromatic heterocycles. The van der Waals surface area contributed by atoms with E-state index < -0.39 is 0 Å². The van der Waals surface area contributed by atoms with Crippen LogP contribution in [0, 0.1) is 6.92 Å². The van der Waals surface area contributed by atoms with Gasteiger partial charge in [0.25, 0.3) is 5.91 Å². The molecule has 2 aliphatic rings. The lowest BCUT2D eigenvalue weighted by molar-refractivity contribution is 0.0307. The fourth-order valence-electron chi connectivity index (χ4n) is 3.29. The molecule has 2 fully saturated rings. The Morgan fingerprint density at radius 1 is 1.09 bits per heavy atom. The van der Waals surface area contributed by atoms with Crippen molar-refractivity contribution in [2.24, 2.45) is 0 Å². The number of nitrogens with zero attached hydrogens (tertiary/aromatic N) is 1. The Labute approximate surface area is 132 Å². The molecular formula is C18H25NO3. The summed E-state index contributed by atoms with van der Waals surface area (Å²) in [6.45, 7) is 4.97. The van der Waals surface area contributed by atoms with Crippen molar-refractivity contribution in [2.75, 3.05) is 26.3 Å². The first-order valence-electron chi connectivity index (χ1n) is 8.32. The molecule has 0 spiro atoms. The molecule has 0 radical (unpaired) electrons. The zero-order valence-corrected chi connectivity index (χ0v) is 13.3. The minimum absolute atomic E-state index is 0.101. The first-order chi connectivity index (χ1) is 10.7. The Morgan fingerprint density at radius 2 is 1.68 bits per heavy atom. The summed E-state index contributed by atoms with van der Waals surface area (Å²) in [6, 6.07) is 7.80. The first kappa shape index (κ1) is 15.5. The van der Waals surface area contributed by atoms with Crippen molar-refractivity contribution in [3.63, 3.8) is 0 Å². The lowest BCUT2D eigenvalue weighted by Gasteiger charge is -2.28. The van der Waals surface area contributed by atoms with E-state index in [1.165, 1.54) is 0 Å². The third-order valence-electron chi connectivity index (χ3n) is 4.56. The molecule has 0 aliphatic carbocycles. The van der Waals surface area contributed by atoms with Crippen molar-refractivity contribution in [1.82, 2.24) is 4.90 Å². The van der Waals surface area contributed by atoms with E-state index in [1.54, 1.807) is 0 Å². The highest BCUT2D eigenvalue weighted by molar-refractivity contribution is 5.95. The molecule has 2 atom stereocenters. The summed E-state index contributed by atoms with van der Waals surface area (Å²) in [7, 11) is 0. The Kier molecular flexibility index (Phi) is 5.11. The first-order valence-corrected chi connectivity index (χ1v) is 8.32. The van der Waals surface area contributed by atoms with Crippen LogP contribution in [-0.4, -0.2) is 49.3 Å². The minimum atomic E-state index is 0.101. The van der Waals surface area contributed by atoms with E-state index in [-0.39, 0.29) is 18.1 Å². The lowest BCUT2D eigenvalue weighted by atomic mass is 10.1. The normalized spacial score (nSPS) is 24.6. The summed E-state index contributed by atoms with van der Waals surface area (Å²) < 4.78 is 11.5. The largest absolute Gasteiger partial charge is 0.376 e. The summed E-state index contributed by atoms with van der Waals surface area (Å²) in [6.07, 6.45) is 4.63. The molecule has 1 amide bonds. The molecule has 3 rings (SSSR count). The molecule has 22 heavy (non-hydrogen) atoms. The van der Waals surface area contributed by atoms with Crippen LogP contribution in [0.5, 0.6) is 0 Å². The van der Waals surface area contributed by atoms with Crippen LogP contribution in [0.4, 0.5) is 0 Å². The topological polar surface area (TPSA) is 38.8 Å². The predicted molar refractivity (Wildman–Crippen MR) is 85.0 cm³/mol. The number of benzene rings is 1. The average molecular weight is 303 g/mol. The van der Waals surface area contributed by atoms with Crippen molar-refractivity contribution in [2.45, 2.75) is 44.8 Å². The highest BCUT2D eigenvalue weighted by Gasteiger charge is 2.27. The Hall–Kier alpha value is -1.39. The van der Waals surface area contributed by atoms with Crippen LogP contribution in [-0.2, 0) is 9.47 Å². The van der Waals surface area contributed by atoms with Gasteiger partial charge in [0.15, 0.2) is 0 Å². The van der Waals surface area contributed by atoms with E-state index in [0.717, 1.165) is 50.0 Å². The lowest BCUT2D eigenvalue weighted by Crippen LogP contribution is -2.42. The van der Waals surface area contributed by atoms with E-state index in [1.807, 2.05) is 36.1 Å². The molecule has 0 bridgehead atoms. The van der Waals surface area contributed by atoms with Gasteiger partial charge in [0.1, 0.15) is 0 Å². The summed E-state index contributed by atoms with van der Waals surface area (Å²) in [5.41, 5.74) is 1.82. The number of hydrogen-bond acceptors (Lipinski definition) is 3. The second-order valence-corrected chi connectivity index (χ2v) is 6.30. The summed E-state index contributed by atoms with van der Waals surface area (Å²) in [5.74, 6) is 0.101. The van der Waals surface area contributed by atoms with Gasteiger partial charge in [-0.2, -0.15) is 0 Å². The van der Waals surface area contributed by atoms with Crippen molar-refractivity contribution < 1.29 is 14.3 Å². The maximum Gasteiger partial charge on any atom is 0.254 e. The van der Waals surface area contributed by atoms with E-state index in [4.69, 9.17) is 9.47 Å². The van der Waals surface area contributed by atoms with Crippen LogP contribution < -0.4 is 0 Å². The van der Waals surface area contributed by atoms with E-state index in [2.05, 4.69) is 0 Å². The third-order valence-corrected chi connectivity index (χ3v) is 4.56. The van der Waals surface area contributed by atoms with Gasteiger partial charge in [0, 0.05) is 31.9 Å². The highest BCUT2D eigenvalue weighted by atomic mass is 16.5. The maximum absolute atomic E-state index is 13.0. The van der Waals surface area contributed by atoms with Crippen molar-refractivity contribution in [3.05, 3.63) is 35.4 Å². The zero-order valence-electron chi connectivity index (χ0n) is 13.3. The fraction of sp³-hybridized carbons (Fsp3) is 0.611. The van der Waals surface area contributed by atoms with E-state index >= 15 is 0 Å². The molecule has 0 saturated carbocycles. The molecular weight excluding hydrogens is 278 g/mol. The van der Waals surface area contributed by atoms with Gasteiger partial charge in [-0.25, -0.2) is 0 Å². The molecule has 1 aromatic rings. The summed E-state index contributed by atoms with van der Waals surface area (Å²) in [5, 5.41) is 0. The SMILES string of the molecule is Cc1ccccc1C(=O)N(C[C@H]1CCCO1)C[C@H]1CCCO1. The summed E-state index contributed by atoms with van der Waals surface area (Å²) >= 11 is 0. The standard InChI is InChI=1S/C18H25NO3/c1-14-6-2-3-9-17(14)18(20)19(12-15-7-4-10-21-15)13-16-8-5-11-22-16/h2-3,6,9,15-16H,4-5,7-8,10-13H2,1H3/t15-,16-/m1/s1. The van der Waals surface area contributed by atoms with Gasteiger partial charge in [-0.05, 0) is 44.2 Å². The molecule has 1 aromatic carbocycles. The predicted octanol–water partition coefficient (Wildman–Crippen LogP) is 2.80. The Bertz CT molecular complexity index is 487. The molecule has 4 nitrogen and oxygen atoms in total. The zero-order chi connectivity index (χ0) is 15.4. The molecule has 2 aliphatic heterocycles. The monoisotopic (exact) mass is 303 g/mol. The molecule has 120 valence electrons. The Morgan fingerprint density at radius 3 is 2.18 bits per heavy atom. The maximum atomic E-state index is 13.0. The van der Waals surface area contributed by atoms with Gasteiger partial charge in [0.2, 0.25) is 0 Å². The number of rotatable bonds is 5. The number of carbonyl (C=O) groups excluding carboxylic acids is 1. The van der Waals surface area contributed by atoms with Crippen molar-refractivity contribution >= 4 is 5.91 Å². The smallest absolute Gasteiger partial charge is 0.254 e. The second kappa shape index (κ2) is 7.25. The van der Waals surface area contributed by atoms with Crippen LogP contribution in [0.2, 0.25) is 0 Å². The van der Waals surface area contributed by atoms with E-state index in [0.29, 0.717) is 13.1 Å². The number of carbonyl (C=O) groups is 1. The number of hydrogen-bond donors (Lipinski definition) is 0. The fourth-order valence-corrected chi connectivity index (χ4v) is 3.29. The van der Waals surface area contributed by atoms with Gasteiger partial charge in [-0.3, -0.25) is 4.79 Å². The van der Waals surface area contributed by atoms with E-state index in [9.17, 15) is 4.79 Å². The van der Waals surface area contributed by atoms with Crippen molar-refractivity contribution in [1.29, 1.82) is 0 Å². The highest BCUT2D eigenvalue weighted by Crippen LogP contribution is 2.20. The van der Waals surface area contributed by atoms with Crippen molar-refractivity contribution in [3.8, 4) is 0 Å². The number of aryl methyl sites for hydroxylation is 1. The number of amides is 1. The van der Waals surface area contributed by atoms with Crippen LogP contribution in [0.3, 0.4) is 0 Å². The average Bonchev–Trinajstić information content (AvgIpc) is 3.20. The Balaban J connectivity index is 1.73. The summed E-state index contributed by atoms with van der Waals surface area (Å²) in [4.78, 5) is 14.9. The van der Waals surface area contributed by atoms with Gasteiger partial charge in [-0.15, -0.1) is 0 Å². The molecule has 2 saturated heterocycles. The second-order valence-electron chi connectivity index (χ2n) is 6.30. The van der Waals surface area contributed by atoms with Gasteiger partial charge < -0.3 is 14.4 Å². The van der Waals surface area contributed by atoms with Crippen LogP contribution in [0.1, 0.15) is 41.6 Å². The minimum Gasteiger partial charge on any atom is -0.376 e. The quantitative estimate of drug-likeness (QED) is 0.839. The van der Waals surface area contributed by atoms with Crippen LogP contribution in [0.15, 0.2) is 24.3 Å². The third kappa shape index (κ3) is 3.68. The van der Waals surface area contributed by atoms with Gasteiger partial charge >= 0.3 is 0 Å². The van der Waals surface area contributed by atoms with Crippen LogP contribution in [0.25, 0.3) is 0 Å². The van der Waals surface area contributed by atoms with Gasteiger partial charge in [0.05, 0.1) is 12.2 Å². The molecule has 0 N–H and O–H groups in total. The van der Waals surface area contributed by atoms with Crippen LogP contribution >= 0.6 is 0 Å². The van der Waals surface area contributed by atoms with Gasteiger partial charge in [-0.1, -0.05) is 18.2 Å². The molecule has 4 heteroatoms. The molecule has 2 heterocycles. The molecule has 0 unspecified atom stereocenters. The number of ether oxygens (including phenoxy) is 2.